The monoisotopic (exact) mass is 315 g/mol. The quantitative estimate of drug-likeness (QED) is 0.648. The van der Waals surface area contributed by atoms with Crippen molar-refractivity contribution in [1.82, 2.24) is 10.6 Å². The molecule has 2 bridgehead atoms. The molecular weight excluding hydrogens is 286 g/mol. The molecule has 4 heteroatoms. The standard InChI is InChI=1S/C19H29N3O/c1-4-20-19(22-17-11-16-8-9-18(17)23-16)21-12-14(3)15-7-5-6-13(2)10-15/h5-7,10,14,16-18H,4,8-9,11-12H2,1-3H3,(H2,20,21,22). The molecule has 0 saturated carbocycles. The van der Waals surface area contributed by atoms with Crippen molar-refractivity contribution in [2.75, 3.05) is 13.1 Å². The molecule has 1 aromatic rings. The zero-order chi connectivity index (χ0) is 16.2. The summed E-state index contributed by atoms with van der Waals surface area (Å²) >= 11 is 0. The van der Waals surface area contributed by atoms with Gasteiger partial charge in [-0.25, -0.2) is 0 Å². The van der Waals surface area contributed by atoms with Crippen LogP contribution in [-0.4, -0.2) is 37.3 Å². The highest BCUT2D eigenvalue weighted by molar-refractivity contribution is 5.80. The first-order valence-electron chi connectivity index (χ1n) is 8.92. The van der Waals surface area contributed by atoms with E-state index in [0.717, 1.165) is 25.5 Å². The van der Waals surface area contributed by atoms with Crippen LogP contribution in [0.2, 0.25) is 0 Å². The van der Waals surface area contributed by atoms with E-state index >= 15 is 0 Å². The molecule has 0 spiro atoms. The summed E-state index contributed by atoms with van der Waals surface area (Å²) < 4.78 is 5.93. The number of nitrogens with zero attached hydrogens (tertiary/aromatic N) is 1. The highest BCUT2D eigenvalue weighted by Crippen LogP contribution is 2.34. The van der Waals surface area contributed by atoms with Gasteiger partial charge in [0, 0.05) is 19.0 Å². The number of aliphatic imine (C=N–C) groups is 1. The van der Waals surface area contributed by atoms with Crippen molar-refractivity contribution in [3.05, 3.63) is 35.4 Å². The number of fused-ring (bicyclic) bond motifs is 2. The van der Waals surface area contributed by atoms with Gasteiger partial charge in [0.05, 0.1) is 18.2 Å². The van der Waals surface area contributed by atoms with Crippen molar-refractivity contribution in [1.29, 1.82) is 0 Å². The molecule has 3 rings (SSSR count). The van der Waals surface area contributed by atoms with Crippen molar-refractivity contribution in [3.63, 3.8) is 0 Å². The Hall–Kier alpha value is -1.55. The highest BCUT2D eigenvalue weighted by Gasteiger charge is 2.41. The van der Waals surface area contributed by atoms with E-state index in [-0.39, 0.29) is 0 Å². The Balaban J connectivity index is 1.60. The molecule has 2 heterocycles. The van der Waals surface area contributed by atoms with Crippen LogP contribution in [0.3, 0.4) is 0 Å². The molecule has 2 aliphatic rings. The Bertz CT molecular complexity index is 557. The zero-order valence-corrected chi connectivity index (χ0v) is 14.5. The van der Waals surface area contributed by atoms with Crippen LogP contribution in [0.5, 0.6) is 0 Å². The maximum Gasteiger partial charge on any atom is 0.191 e. The van der Waals surface area contributed by atoms with E-state index in [1.54, 1.807) is 0 Å². The Morgan fingerprint density at radius 1 is 1.39 bits per heavy atom. The summed E-state index contributed by atoms with van der Waals surface area (Å²) in [7, 11) is 0. The van der Waals surface area contributed by atoms with Gasteiger partial charge in [-0.15, -0.1) is 0 Å². The minimum atomic E-state index is 0.373. The van der Waals surface area contributed by atoms with E-state index in [2.05, 4.69) is 55.7 Å². The van der Waals surface area contributed by atoms with Gasteiger partial charge in [0.1, 0.15) is 0 Å². The lowest BCUT2D eigenvalue weighted by Crippen LogP contribution is -2.47. The first-order chi connectivity index (χ1) is 11.2. The Morgan fingerprint density at radius 3 is 2.91 bits per heavy atom. The van der Waals surface area contributed by atoms with E-state index in [1.165, 1.54) is 24.0 Å². The van der Waals surface area contributed by atoms with E-state index in [0.29, 0.717) is 24.2 Å². The predicted molar refractivity (Wildman–Crippen MR) is 95.0 cm³/mol. The van der Waals surface area contributed by atoms with Gasteiger partial charge in [0.25, 0.3) is 0 Å². The number of benzene rings is 1. The number of guanidine groups is 1. The van der Waals surface area contributed by atoms with Crippen molar-refractivity contribution in [2.24, 2.45) is 4.99 Å². The van der Waals surface area contributed by atoms with Gasteiger partial charge in [-0.2, -0.15) is 0 Å². The van der Waals surface area contributed by atoms with Gasteiger partial charge in [-0.3, -0.25) is 4.99 Å². The van der Waals surface area contributed by atoms with Gasteiger partial charge >= 0.3 is 0 Å². The number of aryl methyl sites for hydroxylation is 1. The van der Waals surface area contributed by atoms with Crippen LogP contribution >= 0.6 is 0 Å². The van der Waals surface area contributed by atoms with E-state index in [4.69, 9.17) is 9.73 Å². The molecule has 0 aliphatic carbocycles. The van der Waals surface area contributed by atoms with E-state index < -0.39 is 0 Å². The first kappa shape index (κ1) is 16.3. The third-order valence-corrected chi connectivity index (χ3v) is 4.91. The molecule has 126 valence electrons. The molecule has 4 unspecified atom stereocenters. The summed E-state index contributed by atoms with van der Waals surface area (Å²) in [5.74, 6) is 1.34. The normalized spacial score (nSPS) is 28.0. The highest BCUT2D eigenvalue weighted by atomic mass is 16.5. The lowest BCUT2D eigenvalue weighted by molar-refractivity contribution is 0.0992. The van der Waals surface area contributed by atoms with Gasteiger partial charge < -0.3 is 15.4 Å². The maximum absolute atomic E-state index is 5.93. The third kappa shape index (κ3) is 4.05. The number of hydrogen-bond acceptors (Lipinski definition) is 2. The van der Waals surface area contributed by atoms with Crippen LogP contribution in [0.1, 0.15) is 50.2 Å². The number of hydrogen-bond donors (Lipinski definition) is 2. The van der Waals surface area contributed by atoms with E-state index in [1.807, 2.05) is 0 Å². The molecule has 2 aliphatic heterocycles. The Morgan fingerprint density at radius 2 is 2.26 bits per heavy atom. The lowest BCUT2D eigenvalue weighted by Gasteiger charge is -2.23. The Labute approximate surface area is 139 Å². The second-order valence-corrected chi connectivity index (χ2v) is 6.90. The smallest absolute Gasteiger partial charge is 0.191 e. The summed E-state index contributed by atoms with van der Waals surface area (Å²) in [6, 6.07) is 9.13. The number of ether oxygens (including phenoxy) is 1. The van der Waals surface area contributed by atoms with Crippen LogP contribution in [0.15, 0.2) is 29.3 Å². The molecule has 1 aromatic carbocycles. The summed E-state index contributed by atoms with van der Waals surface area (Å²) in [5, 5.41) is 6.95. The van der Waals surface area contributed by atoms with E-state index in [9.17, 15) is 0 Å². The van der Waals surface area contributed by atoms with Crippen LogP contribution in [0.4, 0.5) is 0 Å². The lowest BCUT2D eigenvalue weighted by atomic mass is 9.96. The Kier molecular flexibility index (Phi) is 5.21. The zero-order valence-electron chi connectivity index (χ0n) is 14.5. The summed E-state index contributed by atoms with van der Waals surface area (Å²) in [6.07, 6.45) is 4.36. The largest absolute Gasteiger partial charge is 0.373 e. The molecule has 2 fully saturated rings. The average Bonchev–Trinajstić information content (AvgIpc) is 3.15. The van der Waals surface area contributed by atoms with Crippen LogP contribution in [0, 0.1) is 6.92 Å². The van der Waals surface area contributed by atoms with Crippen molar-refractivity contribution in [3.8, 4) is 0 Å². The molecule has 0 radical (unpaired) electrons. The number of nitrogens with one attached hydrogen (secondary N) is 2. The van der Waals surface area contributed by atoms with Crippen LogP contribution in [-0.2, 0) is 4.74 Å². The second kappa shape index (κ2) is 7.35. The van der Waals surface area contributed by atoms with Crippen LogP contribution in [0.25, 0.3) is 0 Å². The fourth-order valence-corrected chi connectivity index (χ4v) is 3.60. The molecule has 4 nitrogen and oxygen atoms in total. The summed E-state index contributed by atoms with van der Waals surface area (Å²) in [6.45, 7) is 8.16. The molecule has 0 amide bonds. The minimum absolute atomic E-state index is 0.373. The molecular formula is C19H29N3O. The maximum atomic E-state index is 5.93. The second-order valence-electron chi connectivity index (χ2n) is 6.90. The van der Waals surface area contributed by atoms with Gasteiger partial charge in [0.15, 0.2) is 5.96 Å². The molecule has 4 atom stereocenters. The fraction of sp³-hybridized carbons (Fsp3) is 0.632. The van der Waals surface area contributed by atoms with Crippen molar-refractivity contribution >= 4 is 5.96 Å². The number of rotatable bonds is 5. The SMILES string of the molecule is CCNC(=NCC(C)c1cccc(C)c1)NC1CC2CCC1O2. The topological polar surface area (TPSA) is 45.7 Å². The summed E-state index contributed by atoms with van der Waals surface area (Å²) in [4.78, 5) is 4.81. The third-order valence-electron chi connectivity index (χ3n) is 4.91. The van der Waals surface area contributed by atoms with Crippen molar-refractivity contribution in [2.45, 2.75) is 64.2 Å². The van der Waals surface area contributed by atoms with Gasteiger partial charge in [-0.05, 0) is 38.7 Å². The molecule has 2 N–H and O–H groups in total. The fourth-order valence-electron chi connectivity index (χ4n) is 3.60. The molecule has 23 heavy (non-hydrogen) atoms. The molecule has 2 saturated heterocycles. The van der Waals surface area contributed by atoms with Crippen LogP contribution < -0.4 is 10.6 Å². The average molecular weight is 315 g/mol. The minimum Gasteiger partial charge on any atom is -0.373 e. The first-order valence-corrected chi connectivity index (χ1v) is 8.92. The predicted octanol–water partition coefficient (Wildman–Crippen LogP) is 2.97. The summed E-state index contributed by atoms with van der Waals surface area (Å²) in [5.41, 5.74) is 2.66. The van der Waals surface area contributed by atoms with Gasteiger partial charge in [0.2, 0.25) is 0 Å². The van der Waals surface area contributed by atoms with Gasteiger partial charge in [-0.1, -0.05) is 36.8 Å². The molecule has 0 aromatic heterocycles. The van der Waals surface area contributed by atoms with Crippen molar-refractivity contribution < 1.29 is 4.74 Å².